The number of anilines is 1. The van der Waals surface area contributed by atoms with Crippen LogP contribution in [-0.2, 0) is 21.5 Å². The molecule has 108 valence electrons. The molecule has 1 aliphatic heterocycles. The monoisotopic (exact) mass is 276 g/mol. The van der Waals surface area contributed by atoms with E-state index in [1.54, 1.807) is 4.90 Å². The van der Waals surface area contributed by atoms with Crippen LogP contribution in [0, 0.1) is 0 Å². The number of hydrogen-bond donors (Lipinski definition) is 2. The van der Waals surface area contributed by atoms with E-state index in [0.717, 1.165) is 12.0 Å². The Morgan fingerprint density at radius 3 is 2.70 bits per heavy atom. The largest absolute Gasteiger partial charge is 0.480 e. The van der Waals surface area contributed by atoms with E-state index in [0.29, 0.717) is 30.6 Å². The number of amides is 1. The van der Waals surface area contributed by atoms with Gasteiger partial charge in [-0.2, -0.15) is 0 Å². The first-order chi connectivity index (χ1) is 9.40. The zero-order chi connectivity index (χ0) is 14.9. The smallest absolute Gasteiger partial charge is 0.328 e. The minimum absolute atomic E-state index is 0.0925. The Morgan fingerprint density at radius 1 is 1.45 bits per heavy atom. The number of carbonyl (C=O) groups is 2. The Bertz CT molecular complexity index is 556. The van der Waals surface area contributed by atoms with Crippen molar-refractivity contribution in [3.8, 4) is 0 Å². The van der Waals surface area contributed by atoms with Gasteiger partial charge >= 0.3 is 5.97 Å². The lowest BCUT2D eigenvalue weighted by Gasteiger charge is -2.27. The number of nitrogens with zero attached hydrogens (tertiary/aromatic N) is 1. The fraction of sp³-hybridized carbons (Fsp3) is 0.467. The number of aryl methyl sites for hydroxylation is 1. The zero-order valence-electron chi connectivity index (χ0n) is 11.8. The number of hydrogen-bond acceptors (Lipinski definition) is 3. The molecule has 0 saturated heterocycles. The van der Waals surface area contributed by atoms with E-state index in [1.807, 2.05) is 25.1 Å². The van der Waals surface area contributed by atoms with Gasteiger partial charge in [-0.3, -0.25) is 4.79 Å². The van der Waals surface area contributed by atoms with E-state index in [4.69, 9.17) is 5.73 Å². The topological polar surface area (TPSA) is 83.6 Å². The summed E-state index contributed by atoms with van der Waals surface area (Å²) in [6.07, 6.45) is 1.69. The predicted octanol–water partition coefficient (Wildman–Crippen LogP) is 1.63. The molecule has 1 unspecified atom stereocenters. The van der Waals surface area contributed by atoms with Crippen LogP contribution in [0.25, 0.3) is 0 Å². The average Bonchev–Trinajstić information content (AvgIpc) is 2.56. The number of carboxylic acid groups (broad SMARTS) is 1. The average molecular weight is 276 g/mol. The highest BCUT2D eigenvalue weighted by Gasteiger charge is 2.41. The summed E-state index contributed by atoms with van der Waals surface area (Å²) in [6.45, 7) is 3.99. The summed E-state index contributed by atoms with van der Waals surface area (Å²) in [4.78, 5) is 25.0. The first-order valence-electron chi connectivity index (χ1n) is 6.84. The number of aliphatic carboxylic acids is 1. The lowest BCUT2D eigenvalue weighted by molar-refractivity contribution is -0.144. The number of carbonyl (C=O) groups excluding carboxylic acids is 1. The van der Waals surface area contributed by atoms with E-state index in [1.165, 1.54) is 6.92 Å². The Balaban J connectivity index is 2.67. The van der Waals surface area contributed by atoms with Crippen molar-refractivity contribution in [3.63, 3.8) is 0 Å². The summed E-state index contributed by atoms with van der Waals surface area (Å²) in [6, 6.07) is 5.55. The number of rotatable bonds is 2. The molecule has 2 rings (SSSR count). The molecule has 0 radical (unpaired) electrons. The van der Waals surface area contributed by atoms with Crippen LogP contribution in [0.1, 0.15) is 37.8 Å². The van der Waals surface area contributed by atoms with Crippen LogP contribution in [0.3, 0.4) is 0 Å². The highest BCUT2D eigenvalue weighted by molar-refractivity contribution is 5.95. The van der Waals surface area contributed by atoms with Crippen molar-refractivity contribution in [2.75, 3.05) is 11.4 Å². The van der Waals surface area contributed by atoms with Gasteiger partial charge < -0.3 is 15.7 Å². The maximum absolute atomic E-state index is 11.8. The molecule has 0 spiro atoms. The van der Waals surface area contributed by atoms with E-state index in [-0.39, 0.29) is 5.91 Å². The molecule has 0 saturated carbocycles. The summed E-state index contributed by atoms with van der Waals surface area (Å²) in [7, 11) is 0. The highest BCUT2D eigenvalue weighted by atomic mass is 16.4. The lowest BCUT2D eigenvalue weighted by atomic mass is 9.85. The Kier molecular flexibility index (Phi) is 3.81. The maximum atomic E-state index is 11.8. The second-order valence-corrected chi connectivity index (χ2v) is 5.26. The highest BCUT2D eigenvalue weighted by Crippen LogP contribution is 2.37. The summed E-state index contributed by atoms with van der Waals surface area (Å²) < 4.78 is 0. The first-order valence-corrected chi connectivity index (χ1v) is 6.84. The van der Waals surface area contributed by atoms with Crippen molar-refractivity contribution >= 4 is 17.6 Å². The summed E-state index contributed by atoms with van der Waals surface area (Å²) in [5.74, 6) is -1.14. The van der Waals surface area contributed by atoms with Gasteiger partial charge in [0.15, 0.2) is 0 Å². The fourth-order valence-corrected chi connectivity index (χ4v) is 2.72. The van der Waals surface area contributed by atoms with Crippen molar-refractivity contribution in [1.82, 2.24) is 0 Å². The van der Waals surface area contributed by atoms with Crippen LogP contribution in [0.2, 0.25) is 0 Å². The SMILES string of the molecule is CCc1ccc2c(c1)C(N)(C(=O)O)CCCN2C(C)=O. The zero-order valence-corrected chi connectivity index (χ0v) is 11.8. The molecule has 0 aliphatic carbocycles. The third kappa shape index (κ3) is 2.29. The van der Waals surface area contributed by atoms with Crippen LogP contribution >= 0.6 is 0 Å². The molecule has 0 fully saturated rings. The Hall–Kier alpha value is -1.88. The maximum Gasteiger partial charge on any atom is 0.328 e. The van der Waals surface area contributed by atoms with Crippen molar-refractivity contribution in [3.05, 3.63) is 29.3 Å². The lowest BCUT2D eigenvalue weighted by Crippen LogP contribution is -2.44. The van der Waals surface area contributed by atoms with E-state index in [9.17, 15) is 14.7 Å². The molecule has 1 heterocycles. The molecule has 1 atom stereocenters. The summed E-state index contributed by atoms with van der Waals surface area (Å²) in [5, 5.41) is 9.53. The predicted molar refractivity (Wildman–Crippen MR) is 76.6 cm³/mol. The van der Waals surface area contributed by atoms with Crippen LogP contribution in [0.15, 0.2) is 18.2 Å². The first kappa shape index (κ1) is 14.5. The van der Waals surface area contributed by atoms with Gasteiger partial charge in [0, 0.05) is 24.7 Å². The minimum Gasteiger partial charge on any atom is -0.480 e. The van der Waals surface area contributed by atoms with E-state index in [2.05, 4.69) is 0 Å². The minimum atomic E-state index is -1.43. The third-order valence-electron chi connectivity index (χ3n) is 3.96. The number of nitrogens with two attached hydrogens (primary N) is 1. The second-order valence-electron chi connectivity index (χ2n) is 5.26. The van der Waals surface area contributed by atoms with Crippen molar-refractivity contribution < 1.29 is 14.7 Å². The van der Waals surface area contributed by atoms with Crippen LogP contribution in [0.4, 0.5) is 5.69 Å². The molecule has 0 bridgehead atoms. The number of benzene rings is 1. The van der Waals surface area contributed by atoms with Gasteiger partial charge in [-0.1, -0.05) is 19.1 Å². The number of fused-ring (bicyclic) bond motifs is 1. The summed E-state index contributed by atoms with van der Waals surface area (Å²) in [5.41, 5.74) is 6.92. The standard InChI is InChI=1S/C15H20N2O3/c1-3-11-5-6-13-12(9-11)15(16,14(19)20)7-4-8-17(13)10(2)18/h5-6,9H,3-4,7-8,16H2,1-2H3,(H,19,20). The van der Waals surface area contributed by atoms with Gasteiger partial charge in [0.25, 0.3) is 0 Å². The van der Waals surface area contributed by atoms with Crippen LogP contribution in [-0.4, -0.2) is 23.5 Å². The molecule has 1 amide bonds. The quantitative estimate of drug-likeness (QED) is 0.860. The molecule has 1 aliphatic rings. The third-order valence-corrected chi connectivity index (χ3v) is 3.96. The van der Waals surface area contributed by atoms with Crippen LogP contribution < -0.4 is 10.6 Å². The molecule has 5 heteroatoms. The van der Waals surface area contributed by atoms with Gasteiger partial charge in [-0.25, -0.2) is 4.79 Å². The Morgan fingerprint density at radius 2 is 2.15 bits per heavy atom. The molecule has 1 aromatic rings. The second kappa shape index (κ2) is 5.25. The van der Waals surface area contributed by atoms with Crippen molar-refractivity contribution in [2.24, 2.45) is 5.73 Å². The normalized spacial score (nSPS) is 22.1. The van der Waals surface area contributed by atoms with Gasteiger partial charge in [0.05, 0.1) is 0 Å². The summed E-state index contributed by atoms with van der Waals surface area (Å²) >= 11 is 0. The number of carboxylic acids is 1. The Labute approximate surface area is 118 Å². The van der Waals surface area contributed by atoms with Gasteiger partial charge in [-0.15, -0.1) is 0 Å². The van der Waals surface area contributed by atoms with E-state index < -0.39 is 11.5 Å². The van der Waals surface area contributed by atoms with Crippen molar-refractivity contribution in [1.29, 1.82) is 0 Å². The molecule has 3 N–H and O–H groups in total. The van der Waals surface area contributed by atoms with E-state index >= 15 is 0 Å². The van der Waals surface area contributed by atoms with Gasteiger partial charge in [0.1, 0.15) is 5.54 Å². The molecule has 5 nitrogen and oxygen atoms in total. The molecule has 20 heavy (non-hydrogen) atoms. The molecule has 0 aromatic heterocycles. The van der Waals surface area contributed by atoms with Gasteiger partial charge in [0.2, 0.25) is 5.91 Å². The van der Waals surface area contributed by atoms with Crippen molar-refractivity contribution in [2.45, 2.75) is 38.6 Å². The van der Waals surface area contributed by atoms with Gasteiger partial charge in [-0.05, 0) is 30.9 Å². The molecular formula is C15H20N2O3. The van der Waals surface area contributed by atoms with Crippen LogP contribution in [0.5, 0.6) is 0 Å². The molecular weight excluding hydrogens is 256 g/mol. The fourth-order valence-electron chi connectivity index (χ4n) is 2.72. The molecule has 1 aromatic carbocycles.